The van der Waals surface area contributed by atoms with Crippen molar-refractivity contribution < 1.29 is 4.79 Å². The van der Waals surface area contributed by atoms with Crippen molar-refractivity contribution in [3.8, 4) is 0 Å². The number of carbonyl (C=O) groups is 1. The van der Waals surface area contributed by atoms with Gasteiger partial charge in [0.25, 0.3) is 0 Å². The predicted octanol–water partition coefficient (Wildman–Crippen LogP) is 2.69. The number of hydrogen-bond donors (Lipinski definition) is 1. The number of likely N-dealkylation sites (tertiary alicyclic amines) is 1. The molecule has 1 spiro atoms. The molecule has 26 heavy (non-hydrogen) atoms. The molecule has 1 aliphatic carbocycles. The van der Waals surface area contributed by atoms with Gasteiger partial charge in [-0.05, 0) is 49.8 Å². The summed E-state index contributed by atoms with van der Waals surface area (Å²) in [7, 11) is 0. The average molecular weight is 352 g/mol. The minimum Gasteiger partial charge on any atom is -0.356 e. The van der Waals surface area contributed by atoms with Crippen LogP contribution in [0.3, 0.4) is 0 Å². The highest BCUT2D eigenvalue weighted by atomic mass is 16.2. The van der Waals surface area contributed by atoms with Gasteiger partial charge in [0.15, 0.2) is 0 Å². The molecule has 5 heteroatoms. The second-order valence-corrected chi connectivity index (χ2v) is 7.83. The molecule has 1 atom stereocenters. The minimum atomic E-state index is 0.245. The van der Waals surface area contributed by atoms with Crippen molar-refractivity contribution >= 4 is 5.91 Å². The van der Waals surface area contributed by atoms with Crippen LogP contribution in [-0.2, 0) is 17.9 Å². The van der Waals surface area contributed by atoms with Crippen LogP contribution in [0.4, 0.5) is 0 Å². The molecule has 2 heterocycles. The van der Waals surface area contributed by atoms with Gasteiger partial charge in [0.2, 0.25) is 5.91 Å². The van der Waals surface area contributed by atoms with Gasteiger partial charge in [-0.25, -0.2) is 4.98 Å². The minimum absolute atomic E-state index is 0.245. The zero-order valence-corrected chi connectivity index (χ0v) is 15.3. The van der Waals surface area contributed by atoms with Gasteiger partial charge in [0.05, 0.1) is 6.33 Å². The van der Waals surface area contributed by atoms with E-state index in [-0.39, 0.29) is 11.8 Å². The number of carbonyl (C=O) groups excluding carboxylic acids is 1. The maximum absolute atomic E-state index is 12.5. The van der Waals surface area contributed by atoms with Crippen LogP contribution < -0.4 is 5.32 Å². The highest BCUT2D eigenvalue weighted by Crippen LogP contribution is 2.59. The smallest absolute Gasteiger partial charge is 0.223 e. The van der Waals surface area contributed by atoms with Crippen molar-refractivity contribution in [1.82, 2.24) is 19.8 Å². The lowest BCUT2D eigenvalue weighted by Gasteiger charge is -2.32. The number of imidazole rings is 1. The summed E-state index contributed by atoms with van der Waals surface area (Å²) in [5.74, 6) is 0.516. The van der Waals surface area contributed by atoms with Crippen LogP contribution in [0.2, 0.25) is 0 Å². The Morgan fingerprint density at radius 1 is 1.23 bits per heavy atom. The topological polar surface area (TPSA) is 50.2 Å². The van der Waals surface area contributed by atoms with Crippen LogP contribution in [0.5, 0.6) is 0 Å². The zero-order chi connectivity index (χ0) is 17.8. The van der Waals surface area contributed by atoms with Crippen LogP contribution in [0, 0.1) is 11.3 Å². The highest BCUT2D eigenvalue weighted by Gasteiger charge is 2.58. The largest absolute Gasteiger partial charge is 0.356 e. The van der Waals surface area contributed by atoms with E-state index < -0.39 is 0 Å². The van der Waals surface area contributed by atoms with Gasteiger partial charge in [-0.3, -0.25) is 9.69 Å². The Labute approximate surface area is 155 Å². The molecule has 1 unspecified atom stereocenters. The summed E-state index contributed by atoms with van der Waals surface area (Å²) < 4.78 is 2.05. The number of amides is 1. The second kappa shape index (κ2) is 7.62. The summed E-state index contributed by atoms with van der Waals surface area (Å²) in [5, 5.41) is 3.14. The summed E-state index contributed by atoms with van der Waals surface area (Å²) in [6, 6.07) is 10.7. The lowest BCUT2D eigenvalue weighted by Crippen LogP contribution is -2.37. The van der Waals surface area contributed by atoms with Crippen LogP contribution in [0.25, 0.3) is 0 Å². The van der Waals surface area contributed by atoms with Crippen molar-refractivity contribution in [3.63, 3.8) is 0 Å². The fourth-order valence-corrected chi connectivity index (χ4v) is 4.28. The summed E-state index contributed by atoms with van der Waals surface area (Å²) in [5.41, 5.74) is 1.67. The summed E-state index contributed by atoms with van der Waals surface area (Å²) in [6.07, 6.45) is 9.92. The number of hydrogen-bond acceptors (Lipinski definition) is 3. The highest BCUT2D eigenvalue weighted by molar-refractivity contribution is 5.82. The third-order valence-corrected chi connectivity index (χ3v) is 6.06. The van der Waals surface area contributed by atoms with Gasteiger partial charge in [-0.1, -0.05) is 30.3 Å². The molecule has 1 aromatic heterocycles. The Morgan fingerprint density at radius 3 is 2.77 bits per heavy atom. The molecule has 1 amide bonds. The molecule has 5 nitrogen and oxygen atoms in total. The second-order valence-electron chi connectivity index (χ2n) is 7.83. The zero-order valence-electron chi connectivity index (χ0n) is 15.3. The Hall–Kier alpha value is -2.14. The first-order chi connectivity index (χ1) is 12.8. The Morgan fingerprint density at radius 2 is 2.04 bits per heavy atom. The first kappa shape index (κ1) is 17.3. The van der Waals surface area contributed by atoms with Crippen molar-refractivity contribution in [2.75, 3.05) is 19.6 Å². The number of aryl methyl sites for hydroxylation is 1. The molecule has 2 aromatic rings. The maximum atomic E-state index is 12.5. The van der Waals surface area contributed by atoms with E-state index in [1.165, 1.54) is 5.56 Å². The van der Waals surface area contributed by atoms with E-state index >= 15 is 0 Å². The summed E-state index contributed by atoms with van der Waals surface area (Å²) >= 11 is 0. The molecule has 2 fully saturated rings. The third kappa shape index (κ3) is 3.98. The molecule has 138 valence electrons. The van der Waals surface area contributed by atoms with Gasteiger partial charge in [0, 0.05) is 37.9 Å². The molecule has 2 aliphatic rings. The number of piperidine rings is 1. The van der Waals surface area contributed by atoms with E-state index in [2.05, 4.69) is 45.5 Å². The molecule has 1 saturated heterocycles. The van der Waals surface area contributed by atoms with Crippen LogP contribution in [0.1, 0.15) is 31.2 Å². The van der Waals surface area contributed by atoms with E-state index in [0.717, 1.165) is 58.4 Å². The monoisotopic (exact) mass is 352 g/mol. The van der Waals surface area contributed by atoms with E-state index in [0.29, 0.717) is 5.41 Å². The van der Waals surface area contributed by atoms with Gasteiger partial charge < -0.3 is 9.88 Å². The molecular weight excluding hydrogens is 324 g/mol. The van der Waals surface area contributed by atoms with Crippen molar-refractivity contribution in [1.29, 1.82) is 0 Å². The summed E-state index contributed by atoms with van der Waals surface area (Å²) in [6.45, 7) is 4.91. The average Bonchev–Trinajstić information content (AvgIpc) is 3.11. The molecular formula is C21H28N4O. The first-order valence-corrected chi connectivity index (χ1v) is 9.75. The molecule has 1 saturated carbocycles. The normalized spacial score (nSPS) is 21.6. The number of aromatic nitrogens is 2. The molecule has 1 aromatic carbocycles. The number of nitrogens with one attached hydrogen (secondary N) is 1. The van der Waals surface area contributed by atoms with E-state index in [4.69, 9.17) is 0 Å². The van der Waals surface area contributed by atoms with Crippen molar-refractivity contribution in [2.45, 2.75) is 38.8 Å². The van der Waals surface area contributed by atoms with Crippen LogP contribution in [-0.4, -0.2) is 40.0 Å². The molecule has 4 rings (SSSR count). The fraction of sp³-hybridized carbons (Fsp3) is 0.524. The quantitative estimate of drug-likeness (QED) is 0.780. The van der Waals surface area contributed by atoms with Crippen molar-refractivity contribution in [2.24, 2.45) is 11.3 Å². The van der Waals surface area contributed by atoms with Gasteiger partial charge in [-0.2, -0.15) is 0 Å². The van der Waals surface area contributed by atoms with Gasteiger partial charge in [-0.15, -0.1) is 0 Å². The van der Waals surface area contributed by atoms with E-state index in [1.807, 2.05) is 17.1 Å². The third-order valence-electron chi connectivity index (χ3n) is 6.06. The molecule has 0 bridgehead atoms. The van der Waals surface area contributed by atoms with E-state index in [1.54, 1.807) is 6.20 Å². The lowest BCUT2D eigenvalue weighted by molar-refractivity contribution is -0.123. The molecule has 0 radical (unpaired) electrons. The predicted molar refractivity (Wildman–Crippen MR) is 101 cm³/mol. The SMILES string of the molecule is O=C(NCCCn1ccnc1)C1CC12CCN(Cc1ccccc1)CC2. The van der Waals surface area contributed by atoms with Gasteiger partial charge in [0.1, 0.15) is 0 Å². The maximum Gasteiger partial charge on any atom is 0.223 e. The standard InChI is InChI=1S/C21H28N4O/c26-20(23-9-4-11-25-14-10-22-17-25)19-15-21(19)7-12-24(13-8-21)16-18-5-2-1-3-6-18/h1-3,5-6,10,14,17,19H,4,7-9,11-13,15-16H2,(H,23,26). The Balaban J connectivity index is 1.17. The Bertz CT molecular complexity index is 705. The van der Waals surface area contributed by atoms with Gasteiger partial charge >= 0.3 is 0 Å². The lowest BCUT2D eigenvalue weighted by atomic mass is 9.90. The fourth-order valence-electron chi connectivity index (χ4n) is 4.28. The molecule has 1 N–H and O–H groups in total. The van der Waals surface area contributed by atoms with Crippen LogP contribution >= 0.6 is 0 Å². The van der Waals surface area contributed by atoms with Crippen LogP contribution in [0.15, 0.2) is 49.1 Å². The number of nitrogens with zero attached hydrogens (tertiary/aromatic N) is 3. The van der Waals surface area contributed by atoms with E-state index in [9.17, 15) is 4.79 Å². The first-order valence-electron chi connectivity index (χ1n) is 9.75. The van der Waals surface area contributed by atoms with Crippen molar-refractivity contribution in [3.05, 3.63) is 54.6 Å². The molecule has 1 aliphatic heterocycles. The Kier molecular flexibility index (Phi) is 5.07. The number of benzene rings is 1. The summed E-state index contributed by atoms with van der Waals surface area (Å²) in [4.78, 5) is 19.0. The number of rotatable bonds is 7.